The number of hydrogen-bond acceptors (Lipinski definition) is 5. The molecule has 192 valence electrons. The average molecular weight is 498 g/mol. The van der Waals surface area contributed by atoms with E-state index in [-0.39, 0.29) is 23.7 Å². The second-order valence-corrected chi connectivity index (χ2v) is 10.1. The Labute approximate surface area is 218 Å². The molecule has 0 radical (unpaired) electrons. The van der Waals surface area contributed by atoms with Crippen molar-refractivity contribution in [3.05, 3.63) is 84.1 Å². The second-order valence-electron chi connectivity index (χ2n) is 10.1. The number of aromatic nitrogens is 2. The molecule has 7 nitrogen and oxygen atoms in total. The molecular weight excluding hydrogens is 462 g/mol. The van der Waals surface area contributed by atoms with Crippen molar-refractivity contribution >= 4 is 23.3 Å². The van der Waals surface area contributed by atoms with Crippen LogP contribution in [0.5, 0.6) is 0 Å². The first-order valence-electron chi connectivity index (χ1n) is 13.4. The van der Waals surface area contributed by atoms with Crippen LogP contribution in [0.1, 0.15) is 55.6 Å². The summed E-state index contributed by atoms with van der Waals surface area (Å²) in [6.45, 7) is 5.12. The number of amides is 2. The van der Waals surface area contributed by atoms with Gasteiger partial charge in [0.15, 0.2) is 5.82 Å². The first-order valence-corrected chi connectivity index (χ1v) is 13.4. The summed E-state index contributed by atoms with van der Waals surface area (Å²) in [7, 11) is 0. The molecule has 1 unspecified atom stereocenters. The normalized spacial score (nSPS) is 19.0. The maximum absolute atomic E-state index is 13.2. The molecule has 3 aromatic rings. The summed E-state index contributed by atoms with van der Waals surface area (Å²) < 4.78 is 0. The summed E-state index contributed by atoms with van der Waals surface area (Å²) in [6.07, 6.45) is 5.20. The van der Waals surface area contributed by atoms with Gasteiger partial charge >= 0.3 is 0 Å². The van der Waals surface area contributed by atoms with Gasteiger partial charge in [-0.15, -0.1) is 5.10 Å². The van der Waals surface area contributed by atoms with Gasteiger partial charge in [-0.2, -0.15) is 5.10 Å². The first kappa shape index (κ1) is 24.9. The van der Waals surface area contributed by atoms with Crippen LogP contribution >= 0.6 is 0 Å². The van der Waals surface area contributed by atoms with Crippen LogP contribution in [-0.2, 0) is 9.59 Å². The highest BCUT2D eigenvalue weighted by molar-refractivity contribution is 5.93. The second kappa shape index (κ2) is 11.5. The van der Waals surface area contributed by atoms with Crippen molar-refractivity contribution in [2.24, 2.45) is 5.92 Å². The van der Waals surface area contributed by atoms with E-state index in [1.165, 1.54) is 5.56 Å². The number of likely N-dealkylation sites (tertiary alicyclic amines) is 1. The lowest BCUT2D eigenvalue weighted by atomic mass is 9.88. The fourth-order valence-corrected chi connectivity index (χ4v) is 5.62. The Kier molecular flexibility index (Phi) is 7.78. The van der Waals surface area contributed by atoms with E-state index in [9.17, 15) is 9.59 Å². The van der Waals surface area contributed by atoms with Crippen LogP contribution in [0.15, 0.2) is 72.9 Å². The predicted octanol–water partition coefficient (Wildman–Crippen LogP) is 4.84. The molecule has 3 heterocycles. The van der Waals surface area contributed by atoms with Crippen LogP contribution in [-0.4, -0.2) is 53.1 Å². The van der Waals surface area contributed by atoms with Crippen molar-refractivity contribution in [1.82, 2.24) is 15.1 Å². The zero-order chi connectivity index (χ0) is 25.6. The molecule has 2 aromatic carbocycles. The smallest absolute Gasteiger partial charge is 0.230 e. The maximum atomic E-state index is 13.2. The molecule has 0 saturated carbocycles. The van der Waals surface area contributed by atoms with Gasteiger partial charge in [0.05, 0.1) is 11.8 Å². The molecular formula is C30H35N5O2. The van der Waals surface area contributed by atoms with Gasteiger partial charge in [0, 0.05) is 38.1 Å². The molecule has 1 aromatic heterocycles. The molecule has 2 atom stereocenters. The quantitative estimate of drug-likeness (QED) is 0.505. The molecule has 0 spiro atoms. The van der Waals surface area contributed by atoms with Gasteiger partial charge < -0.3 is 15.1 Å². The lowest BCUT2D eigenvalue weighted by Crippen LogP contribution is -2.40. The Morgan fingerprint density at radius 3 is 2.38 bits per heavy atom. The predicted molar refractivity (Wildman–Crippen MR) is 145 cm³/mol. The minimum atomic E-state index is -0.0635. The zero-order valence-electron chi connectivity index (χ0n) is 21.4. The lowest BCUT2D eigenvalue weighted by Gasteiger charge is -2.34. The van der Waals surface area contributed by atoms with E-state index >= 15 is 0 Å². The van der Waals surface area contributed by atoms with Crippen LogP contribution in [0.4, 0.5) is 11.5 Å². The molecule has 5 rings (SSSR count). The van der Waals surface area contributed by atoms with Crippen molar-refractivity contribution in [3.8, 4) is 0 Å². The van der Waals surface area contributed by atoms with E-state index in [4.69, 9.17) is 0 Å². The summed E-state index contributed by atoms with van der Waals surface area (Å²) in [6, 6.07) is 22.2. The molecule has 0 aliphatic carbocycles. The Morgan fingerprint density at radius 1 is 0.946 bits per heavy atom. The zero-order valence-corrected chi connectivity index (χ0v) is 21.4. The summed E-state index contributed by atoms with van der Waals surface area (Å²) in [5.41, 5.74) is 3.21. The van der Waals surface area contributed by atoms with Crippen LogP contribution < -0.4 is 10.2 Å². The number of anilines is 2. The highest BCUT2D eigenvalue weighted by atomic mass is 16.2. The van der Waals surface area contributed by atoms with E-state index in [1.54, 1.807) is 6.20 Å². The standard InChI is InChI=1S/C30H35N5O2/c1-2-27(24-7-4-3-5-8-24)30(37)34-18-14-23(15-19-34)22-10-12-26(13-11-22)32-29(36)25-16-20-35(21-25)28-9-6-17-31-33-28/h3-13,17,23,25,27H,2,14-16,18-21H2,1H3,(H,32,36)/t25?,27-/m0/s1. The molecule has 2 fully saturated rings. The van der Waals surface area contributed by atoms with Crippen molar-refractivity contribution in [2.45, 2.75) is 44.4 Å². The first-order chi connectivity index (χ1) is 18.1. The monoisotopic (exact) mass is 497 g/mol. The number of rotatable bonds is 7. The Balaban J connectivity index is 1.12. The average Bonchev–Trinajstić information content (AvgIpc) is 3.46. The van der Waals surface area contributed by atoms with Crippen molar-refractivity contribution in [1.29, 1.82) is 0 Å². The molecule has 2 aliphatic rings. The molecule has 37 heavy (non-hydrogen) atoms. The van der Waals surface area contributed by atoms with E-state index in [0.29, 0.717) is 12.5 Å². The molecule has 0 bridgehead atoms. The van der Waals surface area contributed by atoms with E-state index < -0.39 is 0 Å². The number of carbonyl (C=O) groups is 2. The maximum Gasteiger partial charge on any atom is 0.230 e. The number of nitrogens with one attached hydrogen (secondary N) is 1. The lowest BCUT2D eigenvalue weighted by molar-refractivity contribution is -0.134. The third kappa shape index (κ3) is 5.82. The number of piperidine rings is 1. The van der Waals surface area contributed by atoms with Crippen LogP contribution in [0.2, 0.25) is 0 Å². The number of carbonyl (C=O) groups excluding carboxylic acids is 2. The van der Waals surface area contributed by atoms with Crippen molar-refractivity contribution < 1.29 is 9.59 Å². The highest BCUT2D eigenvalue weighted by Crippen LogP contribution is 2.31. The Morgan fingerprint density at radius 2 is 1.70 bits per heavy atom. The largest absolute Gasteiger partial charge is 0.354 e. The number of benzene rings is 2. The highest BCUT2D eigenvalue weighted by Gasteiger charge is 2.30. The third-order valence-electron chi connectivity index (χ3n) is 7.81. The molecule has 7 heteroatoms. The fourth-order valence-electron chi connectivity index (χ4n) is 5.62. The minimum absolute atomic E-state index is 0.0508. The van der Waals surface area contributed by atoms with Gasteiger partial charge in [-0.1, -0.05) is 49.4 Å². The van der Waals surface area contributed by atoms with Gasteiger partial charge in [-0.3, -0.25) is 9.59 Å². The third-order valence-corrected chi connectivity index (χ3v) is 7.81. The van der Waals surface area contributed by atoms with Gasteiger partial charge in [-0.25, -0.2) is 0 Å². The van der Waals surface area contributed by atoms with Gasteiger partial charge in [0.2, 0.25) is 11.8 Å². The topological polar surface area (TPSA) is 78.4 Å². The Bertz CT molecular complexity index is 1180. The summed E-state index contributed by atoms with van der Waals surface area (Å²) in [5.74, 6) is 1.42. The molecule has 2 saturated heterocycles. The summed E-state index contributed by atoms with van der Waals surface area (Å²) >= 11 is 0. The van der Waals surface area contributed by atoms with E-state index in [0.717, 1.165) is 62.4 Å². The minimum Gasteiger partial charge on any atom is -0.354 e. The van der Waals surface area contributed by atoms with Gasteiger partial charge in [-0.05, 0) is 67.0 Å². The number of hydrogen-bond donors (Lipinski definition) is 1. The van der Waals surface area contributed by atoms with Crippen LogP contribution in [0, 0.1) is 5.92 Å². The van der Waals surface area contributed by atoms with Crippen molar-refractivity contribution in [2.75, 3.05) is 36.4 Å². The van der Waals surface area contributed by atoms with Crippen LogP contribution in [0.25, 0.3) is 0 Å². The molecule has 2 aliphatic heterocycles. The molecule has 1 N–H and O–H groups in total. The summed E-state index contributed by atoms with van der Waals surface area (Å²) in [5, 5.41) is 11.2. The fraction of sp³-hybridized carbons (Fsp3) is 0.400. The van der Waals surface area contributed by atoms with Gasteiger partial charge in [0.25, 0.3) is 0 Å². The summed E-state index contributed by atoms with van der Waals surface area (Å²) in [4.78, 5) is 30.2. The van der Waals surface area contributed by atoms with Gasteiger partial charge in [0.1, 0.15) is 0 Å². The number of nitrogens with zero attached hydrogens (tertiary/aromatic N) is 4. The van der Waals surface area contributed by atoms with E-state index in [1.807, 2.05) is 47.4 Å². The van der Waals surface area contributed by atoms with Crippen LogP contribution in [0.3, 0.4) is 0 Å². The SMILES string of the molecule is CC[C@H](C(=O)N1CCC(c2ccc(NC(=O)C3CCN(c4cccnn4)C3)cc2)CC1)c1ccccc1. The molecule has 2 amide bonds. The van der Waals surface area contributed by atoms with Crippen molar-refractivity contribution in [3.63, 3.8) is 0 Å². The Hall–Kier alpha value is -3.74. The van der Waals surface area contributed by atoms with E-state index in [2.05, 4.69) is 51.6 Å².